The van der Waals surface area contributed by atoms with Crippen LogP contribution in [0.5, 0.6) is 0 Å². The number of nitrogens with one attached hydrogen (secondary N) is 1. The number of rotatable bonds is 3. The van der Waals surface area contributed by atoms with E-state index in [1.807, 2.05) is 64.1 Å². The molecule has 130 valence electrons. The van der Waals surface area contributed by atoms with Crippen LogP contribution in [0.4, 0.5) is 11.4 Å². The lowest BCUT2D eigenvalue weighted by Crippen LogP contribution is -2.28. The Morgan fingerprint density at radius 2 is 1.64 bits per heavy atom. The minimum absolute atomic E-state index is 0.00909. The average Bonchev–Trinajstić information content (AvgIpc) is 2.96. The van der Waals surface area contributed by atoms with E-state index in [1.54, 1.807) is 4.90 Å². The van der Waals surface area contributed by atoms with E-state index in [4.69, 9.17) is 0 Å². The molecule has 1 unspecified atom stereocenters. The third kappa shape index (κ3) is 3.29. The van der Waals surface area contributed by atoms with Gasteiger partial charge in [-0.25, -0.2) is 0 Å². The Bertz CT molecular complexity index is 842. The maximum atomic E-state index is 12.7. The molecule has 2 aromatic rings. The van der Waals surface area contributed by atoms with E-state index in [2.05, 4.69) is 5.32 Å². The van der Waals surface area contributed by atoms with Crippen LogP contribution in [0.2, 0.25) is 0 Å². The lowest BCUT2D eigenvalue weighted by atomic mass is 10.1. The van der Waals surface area contributed by atoms with Crippen LogP contribution in [0.1, 0.15) is 28.7 Å². The molecule has 2 amide bonds. The molecule has 4 heteroatoms. The number of carbonyl (C=O) groups excluding carboxylic acids is 2. The fourth-order valence-corrected chi connectivity index (χ4v) is 3.27. The Morgan fingerprint density at radius 1 is 1.00 bits per heavy atom. The average molecular weight is 336 g/mol. The zero-order valence-corrected chi connectivity index (χ0v) is 15.2. The van der Waals surface area contributed by atoms with Gasteiger partial charge in [0.2, 0.25) is 11.8 Å². The van der Waals surface area contributed by atoms with Crippen LogP contribution in [0.25, 0.3) is 0 Å². The van der Waals surface area contributed by atoms with Gasteiger partial charge in [-0.3, -0.25) is 9.59 Å². The van der Waals surface area contributed by atoms with Gasteiger partial charge in [0.1, 0.15) is 0 Å². The normalized spacial score (nSPS) is 17.0. The highest BCUT2D eigenvalue weighted by atomic mass is 16.2. The van der Waals surface area contributed by atoms with Crippen molar-refractivity contribution in [1.29, 1.82) is 0 Å². The van der Waals surface area contributed by atoms with E-state index < -0.39 is 0 Å². The molecule has 0 bridgehead atoms. The second kappa shape index (κ2) is 6.71. The zero-order valence-electron chi connectivity index (χ0n) is 15.2. The van der Waals surface area contributed by atoms with Crippen molar-refractivity contribution in [3.63, 3.8) is 0 Å². The van der Waals surface area contributed by atoms with E-state index in [0.717, 1.165) is 33.6 Å². The van der Waals surface area contributed by atoms with Gasteiger partial charge >= 0.3 is 0 Å². The molecule has 2 aromatic carbocycles. The van der Waals surface area contributed by atoms with Gasteiger partial charge in [-0.1, -0.05) is 24.3 Å². The van der Waals surface area contributed by atoms with Gasteiger partial charge < -0.3 is 10.2 Å². The van der Waals surface area contributed by atoms with E-state index in [1.165, 1.54) is 0 Å². The Labute approximate surface area is 148 Å². The maximum absolute atomic E-state index is 12.7. The highest BCUT2D eigenvalue weighted by Gasteiger charge is 2.35. The maximum Gasteiger partial charge on any atom is 0.229 e. The van der Waals surface area contributed by atoms with Crippen molar-refractivity contribution in [3.8, 4) is 0 Å². The van der Waals surface area contributed by atoms with Gasteiger partial charge in [0, 0.05) is 24.3 Å². The molecule has 1 atom stereocenters. The molecule has 0 radical (unpaired) electrons. The highest BCUT2D eigenvalue weighted by Crippen LogP contribution is 2.30. The standard InChI is InChI=1S/C21H24N2O2/c1-13-7-5-9-18(15(13)3)22-21(25)17-11-20(24)23(12-17)19-10-6-8-14(2)16(19)4/h5-10,17H,11-12H2,1-4H3,(H,22,25). The molecule has 0 saturated carbocycles. The van der Waals surface area contributed by atoms with Gasteiger partial charge in [0.15, 0.2) is 0 Å². The van der Waals surface area contributed by atoms with Crippen LogP contribution in [0, 0.1) is 33.6 Å². The van der Waals surface area contributed by atoms with Crippen LogP contribution in [0.15, 0.2) is 36.4 Å². The summed E-state index contributed by atoms with van der Waals surface area (Å²) in [6, 6.07) is 11.8. The van der Waals surface area contributed by atoms with Gasteiger partial charge in [0.05, 0.1) is 5.92 Å². The van der Waals surface area contributed by atoms with Crippen LogP contribution in [-0.2, 0) is 9.59 Å². The summed E-state index contributed by atoms with van der Waals surface area (Å²) in [6.45, 7) is 8.49. The summed E-state index contributed by atoms with van der Waals surface area (Å²) in [6.07, 6.45) is 0.254. The Kier molecular flexibility index (Phi) is 4.62. The molecule has 0 aliphatic carbocycles. The van der Waals surface area contributed by atoms with E-state index in [9.17, 15) is 9.59 Å². The first-order chi connectivity index (χ1) is 11.9. The number of hydrogen-bond acceptors (Lipinski definition) is 2. The Hall–Kier alpha value is -2.62. The lowest BCUT2D eigenvalue weighted by molar-refractivity contribution is -0.122. The van der Waals surface area contributed by atoms with Crippen LogP contribution < -0.4 is 10.2 Å². The zero-order chi connectivity index (χ0) is 18.1. The molecule has 4 nitrogen and oxygen atoms in total. The second-order valence-corrected chi connectivity index (χ2v) is 6.86. The topological polar surface area (TPSA) is 49.4 Å². The number of carbonyl (C=O) groups is 2. The summed E-state index contributed by atoms with van der Waals surface area (Å²) < 4.78 is 0. The van der Waals surface area contributed by atoms with Crippen molar-refractivity contribution in [2.45, 2.75) is 34.1 Å². The smallest absolute Gasteiger partial charge is 0.229 e. The molecular formula is C21H24N2O2. The van der Waals surface area contributed by atoms with Crippen molar-refractivity contribution in [1.82, 2.24) is 0 Å². The Morgan fingerprint density at radius 3 is 2.36 bits per heavy atom. The summed E-state index contributed by atoms with van der Waals surface area (Å²) >= 11 is 0. The lowest BCUT2D eigenvalue weighted by Gasteiger charge is -2.20. The number of hydrogen-bond donors (Lipinski definition) is 1. The van der Waals surface area contributed by atoms with Crippen molar-refractivity contribution >= 4 is 23.2 Å². The Balaban J connectivity index is 1.77. The molecular weight excluding hydrogens is 312 g/mol. The van der Waals surface area contributed by atoms with Gasteiger partial charge in [-0.15, -0.1) is 0 Å². The minimum Gasteiger partial charge on any atom is -0.326 e. The summed E-state index contributed by atoms with van der Waals surface area (Å²) in [5, 5.41) is 2.99. The quantitative estimate of drug-likeness (QED) is 0.924. The largest absolute Gasteiger partial charge is 0.326 e. The molecule has 25 heavy (non-hydrogen) atoms. The first kappa shape index (κ1) is 17.2. The monoisotopic (exact) mass is 336 g/mol. The van der Waals surface area contributed by atoms with Crippen molar-refractivity contribution < 1.29 is 9.59 Å². The van der Waals surface area contributed by atoms with Gasteiger partial charge in [0.25, 0.3) is 0 Å². The predicted octanol–water partition coefficient (Wildman–Crippen LogP) is 3.91. The van der Waals surface area contributed by atoms with E-state index >= 15 is 0 Å². The van der Waals surface area contributed by atoms with Crippen LogP contribution in [0.3, 0.4) is 0 Å². The molecule has 1 aliphatic heterocycles. The second-order valence-electron chi connectivity index (χ2n) is 6.86. The van der Waals surface area contributed by atoms with Crippen LogP contribution >= 0.6 is 0 Å². The SMILES string of the molecule is Cc1cccc(NC(=O)C2CC(=O)N(c3cccc(C)c3C)C2)c1C. The van der Waals surface area contributed by atoms with Crippen molar-refractivity contribution in [2.24, 2.45) is 5.92 Å². The van der Waals surface area contributed by atoms with Gasteiger partial charge in [-0.05, 0) is 62.1 Å². The van der Waals surface area contributed by atoms with Crippen molar-refractivity contribution in [3.05, 3.63) is 58.7 Å². The summed E-state index contributed by atoms with van der Waals surface area (Å²) in [5.41, 5.74) is 6.17. The predicted molar refractivity (Wildman–Crippen MR) is 101 cm³/mol. The van der Waals surface area contributed by atoms with Crippen LogP contribution in [-0.4, -0.2) is 18.4 Å². The number of benzene rings is 2. The molecule has 1 saturated heterocycles. The summed E-state index contributed by atoms with van der Waals surface area (Å²) in [5.74, 6) is -0.406. The highest BCUT2D eigenvalue weighted by molar-refractivity contribution is 6.04. The molecule has 3 rings (SSSR count). The van der Waals surface area contributed by atoms with Gasteiger partial charge in [-0.2, -0.15) is 0 Å². The number of nitrogens with zero attached hydrogens (tertiary/aromatic N) is 1. The van der Waals surface area contributed by atoms with E-state index in [0.29, 0.717) is 6.54 Å². The molecule has 1 N–H and O–H groups in total. The van der Waals surface area contributed by atoms with Crippen molar-refractivity contribution in [2.75, 3.05) is 16.8 Å². The molecule has 0 spiro atoms. The molecule has 0 aromatic heterocycles. The third-order valence-electron chi connectivity index (χ3n) is 5.23. The number of amides is 2. The fourth-order valence-electron chi connectivity index (χ4n) is 3.27. The first-order valence-corrected chi connectivity index (χ1v) is 8.62. The summed E-state index contributed by atoms with van der Waals surface area (Å²) in [7, 11) is 0. The number of aryl methyl sites for hydroxylation is 2. The molecule has 1 heterocycles. The first-order valence-electron chi connectivity index (χ1n) is 8.62. The summed E-state index contributed by atoms with van der Waals surface area (Å²) in [4.78, 5) is 26.9. The fraction of sp³-hybridized carbons (Fsp3) is 0.333. The third-order valence-corrected chi connectivity index (χ3v) is 5.23. The molecule has 1 aliphatic rings. The molecule has 1 fully saturated rings. The number of anilines is 2. The minimum atomic E-state index is -0.327. The van der Waals surface area contributed by atoms with E-state index in [-0.39, 0.29) is 24.2 Å².